The maximum atomic E-state index is 12.0. The number of carbonyl (C=O) groups excluding carboxylic acids is 1. The van der Waals surface area contributed by atoms with Crippen molar-refractivity contribution >= 4 is 12.0 Å². The minimum absolute atomic E-state index is 0.226. The third-order valence-corrected chi connectivity index (χ3v) is 4.80. The van der Waals surface area contributed by atoms with Crippen molar-refractivity contribution in [2.24, 2.45) is 5.92 Å². The number of amides is 2. The predicted octanol–water partition coefficient (Wildman–Crippen LogP) is 1.41. The first-order valence-corrected chi connectivity index (χ1v) is 8.13. The van der Waals surface area contributed by atoms with Crippen LogP contribution in [-0.2, 0) is 4.79 Å². The maximum absolute atomic E-state index is 12.0. The highest BCUT2D eigenvalue weighted by Gasteiger charge is 2.32. The van der Waals surface area contributed by atoms with Crippen LogP contribution in [0.1, 0.15) is 45.4 Å². The number of carboxylic acid groups (broad SMARTS) is 1. The number of rotatable bonds is 5. The molecule has 0 radical (unpaired) electrons. The van der Waals surface area contributed by atoms with Crippen molar-refractivity contribution in [1.82, 2.24) is 15.5 Å². The molecule has 1 heterocycles. The number of hydrogen-bond donors (Lipinski definition) is 3. The molecular formula is C15H27N3O3. The standard InChI is InChI=1S/C15H27N3O3/c1-2-18-9-5-6-11(18)10-16-15(21)17-13-8-4-3-7-12(13)14(19)20/h11-13H,2-10H2,1H3,(H,19,20)(H2,16,17,21). The van der Waals surface area contributed by atoms with Gasteiger partial charge in [-0.15, -0.1) is 0 Å². The summed E-state index contributed by atoms with van der Waals surface area (Å²) in [4.78, 5) is 25.6. The van der Waals surface area contributed by atoms with Gasteiger partial charge in [-0.05, 0) is 38.8 Å². The summed E-state index contributed by atoms with van der Waals surface area (Å²) in [6.07, 6.45) is 5.65. The van der Waals surface area contributed by atoms with Crippen LogP contribution in [0.3, 0.4) is 0 Å². The zero-order valence-corrected chi connectivity index (χ0v) is 12.8. The Labute approximate surface area is 126 Å². The molecule has 3 unspecified atom stereocenters. The van der Waals surface area contributed by atoms with Gasteiger partial charge in [-0.2, -0.15) is 0 Å². The Morgan fingerprint density at radius 3 is 2.67 bits per heavy atom. The lowest BCUT2D eigenvalue weighted by atomic mass is 9.84. The number of aliphatic carboxylic acids is 1. The minimum Gasteiger partial charge on any atom is -0.481 e. The number of carboxylic acids is 1. The van der Waals surface area contributed by atoms with Gasteiger partial charge in [0.2, 0.25) is 0 Å². The number of carbonyl (C=O) groups is 2. The Hall–Kier alpha value is -1.30. The third kappa shape index (κ3) is 4.33. The molecule has 120 valence electrons. The quantitative estimate of drug-likeness (QED) is 0.716. The van der Waals surface area contributed by atoms with E-state index in [0.29, 0.717) is 19.0 Å². The summed E-state index contributed by atoms with van der Waals surface area (Å²) >= 11 is 0. The van der Waals surface area contributed by atoms with E-state index in [-0.39, 0.29) is 12.1 Å². The number of nitrogens with zero attached hydrogens (tertiary/aromatic N) is 1. The van der Waals surface area contributed by atoms with Crippen LogP contribution in [0.2, 0.25) is 0 Å². The molecule has 1 aliphatic carbocycles. The molecule has 0 aromatic carbocycles. The fourth-order valence-corrected chi connectivity index (χ4v) is 3.57. The van der Waals surface area contributed by atoms with Gasteiger partial charge >= 0.3 is 12.0 Å². The van der Waals surface area contributed by atoms with E-state index in [1.807, 2.05) is 0 Å². The lowest BCUT2D eigenvalue weighted by Crippen LogP contribution is -2.51. The second kappa shape index (κ2) is 7.64. The summed E-state index contributed by atoms with van der Waals surface area (Å²) in [7, 11) is 0. The van der Waals surface area contributed by atoms with Gasteiger partial charge in [0.15, 0.2) is 0 Å². The first-order chi connectivity index (χ1) is 10.1. The summed E-state index contributed by atoms with van der Waals surface area (Å²) in [5.41, 5.74) is 0. The Kier molecular flexibility index (Phi) is 5.85. The van der Waals surface area contributed by atoms with Gasteiger partial charge in [0.1, 0.15) is 0 Å². The normalized spacial score (nSPS) is 30.0. The van der Waals surface area contributed by atoms with Crippen LogP contribution < -0.4 is 10.6 Å². The van der Waals surface area contributed by atoms with Crippen LogP contribution in [0.25, 0.3) is 0 Å². The highest BCUT2D eigenvalue weighted by atomic mass is 16.4. The average molecular weight is 297 g/mol. The molecule has 2 rings (SSSR count). The zero-order valence-electron chi connectivity index (χ0n) is 12.8. The highest BCUT2D eigenvalue weighted by Crippen LogP contribution is 2.24. The van der Waals surface area contributed by atoms with E-state index in [4.69, 9.17) is 0 Å². The van der Waals surface area contributed by atoms with E-state index in [2.05, 4.69) is 22.5 Å². The molecular weight excluding hydrogens is 270 g/mol. The average Bonchev–Trinajstić information content (AvgIpc) is 2.93. The molecule has 0 bridgehead atoms. The smallest absolute Gasteiger partial charge is 0.315 e. The molecule has 6 heteroatoms. The molecule has 0 spiro atoms. The Morgan fingerprint density at radius 2 is 1.95 bits per heavy atom. The van der Waals surface area contributed by atoms with Crippen LogP contribution in [0, 0.1) is 5.92 Å². The van der Waals surface area contributed by atoms with Crippen molar-refractivity contribution in [2.75, 3.05) is 19.6 Å². The van der Waals surface area contributed by atoms with Gasteiger partial charge < -0.3 is 15.7 Å². The molecule has 2 amide bonds. The van der Waals surface area contributed by atoms with Gasteiger partial charge in [-0.3, -0.25) is 9.69 Å². The van der Waals surface area contributed by atoms with Crippen molar-refractivity contribution in [1.29, 1.82) is 0 Å². The lowest BCUT2D eigenvalue weighted by Gasteiger charge is -2.30. The molecule has 0 aromatic rings. The summed E-state index contributed by atoms with van der Waals surface area (Å²) in [5.74, 6) is -1.24. The molecule has 1 aliphatic heterocycles. The Balaban J connectivity index is 1.76. The molecule has 2 fully saturated rings. The van der Waals surface area contributed by atoms with Gasteiger partial charge in [-0.1, -0.05) is 19.8 Å². The summed E-state index contributed by atoms with van der Waals surface area (Å²) in [6, 6.07) is -0.0411. The van der Waals surface area contributed by atoms with Gasteiger partial charge in [0, 0.05) is 18.6 Å². The highest BCUT2D eigenvalue weighted by molar-refractivity contribution is 5.76. The van der Waals surface area contributed by atoms with Gasteiger partial charge in [0.25, 0.3) is 0 Å². The maximum Gasteiger partial charge on any atom is 0.315 e. The predicted molar refractivity (Wildman–Crippen MR) is 80.2 cm³/mol. The van der Waals surface area contributed by atoms with E-state index in [9.17, 15) is 14.7 Å². The van der Waals surface area contributed by atoms with Crippen molar-refractivity contribution in [2.45, 2.75) is 57.5 Å². The Bertz CT molecular complexity index is 375. The van der Waals surface area contributed by atoms with Crippen LogP contribution >= 0.6 is 0 Å². The fraction of sp³-hybridized carbons (Fsp3) is 0.867. The lowest BCUT2D eigenvalue weighted by molar-refractivity contribution is -0.143. The van der Waals surface area contributed by atoms with Gasteiger partial charge in [0.05, 0.1) is 5.92 Å². The second-order valence-electron chi connectivity index (χ2n) is 6.11. The summed E-state index contributed by atoms with van der Waals surface area (Å²) in [5, 5.41) is 15.0. The molecule has 3 N–H and O–H groups in total. The molecule has 1 saturated heterocycles. The second-order valence-corrected chi connectivity index (χ2v) is 6.11. The molecule has 2 aliphatic rings. The van der Waals surface area contributed by atoms with Crippen molar-refractivity contribution < 1.29 is 14.7 Å². The molecule has 21 heavy (non-hydrogen) atoms. The van der Waals surface area contributed by atoms with Crippen LogP contribution in [0.4, 0.5) is 4.79 Å². The monoisotopic (exact) mass is 297 g/mol. The van der Waals surface area contributed by atoms with Crippen molar-refractivity contribution in [3.8, 4) is 0 Å². The van der Waals surface area contributed by atoms with Crippen LogP contribution in [0.5, 0.6) is 0 Å². The first-order valence-electron chi connectivity index (χ1n) is 8.13. The Morgan fingerprint density at radius 1 is 1.19 bits per heavy atom. The molecule has 1 saturated carbocycles. The van der Waals surface area contributed by atoms with E-state index in [0.717, 1.165) is 38.8 Å². The van der Waals surface area contributed by atoms with E-state index in [1.165, 1.54) is 6.42 Å². The van der Waals surface area contributed by atoms with E-state index < -0.39 is 11.9 Å². The van der Waals surface area contributed by atoms with E-state index in [1.54, 1.807) is 0 Å². The first kappa shape index (κ1) is 16.1. The number of nitrogens with one attached hydrogen (secondary N) is 2. The van der Waals surface area contributed by atoms with Crippen molar-refractivity contribution in [3.05, 3.63) is 0 Å². The molecule has 6 nitrogen and oxygen atoms in total. The van der Waals surface area contributed by atoms with Crippen LogP contribution in [0.15, 0.2) is 0 Å². The van der Waals surface area contributed by atoms with E-state index >= 15 is 0 Å². The number of likely N-dealkylation sites (N-methyl/N-ethyl adjacent to an activating group) is 1. The summed E-state index contributed by atoms with van der Waals surface area (Å²) in [6.45, 7) is 4.90. The zero-order chi connectivity index (χ0) is 15.2. The van der Waals surface area contributed by atoms with Crippen LogP contribution in [-0.4, -0.2) is 53.7 Å². The minimum atomic E-state index is -0.798. The number of likely N-dealkylation sites (tertiary alicyclic amines) is 1. The SMILES string of the molecule is CCN1CCCC1CNC(=O)NC1CCCCC1C(=O)O. The molecule has 3 atom stereocenters. The summed E-state index contributed by atoms with van der Waals surface area (Å²) < 4.78 is 0. The van der Waals surface area contributed by atoms with Crippen molar-refractivity contribution in [3.63, 3.8) is 0 Å². The number of urea groups is 1. The van der Waals surface area contributed by atoms with Gasteiger partial charge in [-0.25, -0.2) is 4.79 Å². The molecule has 0 aromatic heterocycles. The number of hydrogen-bond acceptors (Lipinski definition) is 3. The third-order valence-electron chi connectivity index (χ3n) is 4.80. The largest absolute Gasteiger partial charge is 0.481 e. The topological polar surface area (TPSA) is 81.7 Å². The fourth-order valence-electron chi connectivity index (χ4n) is 3.57.